The van der Waals surface area contributed by atoms with Gasteiger partial charge in [0.2, 0.25) is 11.8 Å². The van der Waals surface area contributed by atoms with E-state index in [0.29, 0.717) is 36.1 Å². The smallest absolute Gasteiger partial charge is 0.228 e. The fourth-order valence-electron chi connectivity index (χ4n) is 8.42. The fourth-order valence-corrected chi connectivity index (χ4v) is 8.42. The maximum absolute atomic E-state index is 13.4. The quantitative estimate of drug-likeness (QED) is 0.612. The molecular formula is C29H38N2O2. The van der Waals surface area contributed by atoms with Crippen LogP contribution >= 0.6 is 0 Å². The summed E-state index contributed by atoms with van der Waals surface area (Å²) in [5.74, 6) is 2.55. The number of hydrogen-bond donors (Lipinski definition) is 1. The molecule has 3 saturated carbocycles. The number of nitrogens with zero attached hydrogens (tertiary/aromatic N) is 1. The summed E-state index contributed by atoms with van der Waals surface area (Å²) in [6.45, 7) is 6.93. The Morgan fingerprint density at radius 2 is 1.76 bits per heavy atom. The average Bonchev–Trinajstić information content (AvgIpc) is 3.56. The Labute approximate surface area is 198 Å². The minimum absolute atomic E-state index is 0.0817. The first kappa shape index (κ1) is 21.4. The van der Waals surface area contributed by atoms with Gasteiger partial charge in [0.05, 0.1) is 0 Å². The van der Waals surface area contributed by atoms with Gasteiger partial charge >= 0.3 is 0 Å². The summed E-state index contributed by atoms with van der Waals surface area (Å²) in [6.07, 6.45) is 12.1. The molecule has 0 bridgehead atoms. The van der Waals surface area contributed by atoms with Crippen molar-refractivity contribution in [2.24, 2.45) is 34.5 Å². The third-order valence-corrected chi connectivity index (χ3v) is 10.4. The number of amides is 2. The lowest BCUT2D eigenvalue weighted by atomic mass is 9.49. The minimum atomic E-state index is 0.0817. The Kier molecular flexibility index (Phi) is 4.84. The van der Waals surface area contributed by atoms with E-state index in [1.54, 1.807) is 0 Å². The number of aryl methyl sites for hydroxylation is 1. The van der Waals surface area contributed by atoms with Gasteiger partial charge in [-0.3, -0.25) is 9.59 Å². The number of carbonyl (C=O) groups is 2. The van der Waals surface area contributed by atoms with Gasteiger partial charge in [-0.15, -0.1) is 0 Å². The molecule has 5 aliphatic rings. The molecular weight excluding hydrogens is 408 g/mol. The molecule has 4 aliphatic carbocycles. The number of rotatable bonds is 3. The van der Waals surface area contributed by atoms with Crippen molar-refractivity contribution in [3.05, 3.63) is 41.6 Å². The van der Waals surface area contributed by atoms with E-state index in [9.17, 15) is 9.59 Å². The first-order chi connectivity index (χ1) is 15.8. The molecule has 4 nitrogen and oxygen atoms in total. The molecule has 2 amide bonds. The number of anilines is 1. The molecule has 4 heteroatoms. The number of carbonyl (C=O) groups excluding carboxylic acids is 2. The normalized spacial score (nSPS) is 39.9. The van der Waals surface area contributed by atoms with Crippen LogP contribution in [0.15, 0.2) is 36.0 Å². The number of hydrogen-bond acceptors (Lipinski definition) is 2. The van der Waals surface area contributed by atoms with E-state index in [4.69, 9.17) is 0 Å². The van der Waals surface area contributed by atoms with Crippen LogP contribution in [0.25, 0.3) is 0 Å². The fraction of sp³-hybridized carbons (Fsp3) is 0.655. The van der Waals surface area contributed by atoms with Gasteiger partial charge in [-0.25, -0.2) is 0 Å². The van der Waals surface area contributed by atoms with Crippen LogP contribution in [0.2, 0.25) is 0 Å². The topological polar surface area (TPSA) is 49.4 Å². The zero-order chi connectivity index (χ0) is 23.0. The summed E-state index contributed by atoms with van der Waals surface area (Å²) in [5.41, 5.74) is 3.69. The van der Waals surface area contributed by atoms with Gasteiger partial charge in [-0.05, 0) is 93.6 Å². The van der Waals surface area contributed by atoms with Crippen LogP contribution in [0.1, 0.15) is 77.2 Å². The van der Waals surface area contributed by atoms with E-state index >= 15 is 0 Å². The molecule has 1 aliphatic heterocycles. The van der Waals surface area contributed by atoms with Crippen molar-refractivity contribution in [3.8, 4) is 0 Å². The van der Waals surface area contributed by atoms with Gasteiger partial charge in [-0.2, -0.15) is 0 Å². The van der Waals surface area contributed by atoms with E-state index in [2.05, 4.69) is 49.2 Å². The van der Waals surface area contributed by atoms with Gasteiger partial charge < -0.3 is 10.2 Å². The molecule has 1 saturated heterocycles. The van der Waals surface area contributed by atoms with Crippen molar-refractivity contribution >= 4 is 17.5 Å². The predicted octanol–water partition coefficient (Wildman–Crippen LogP) is 6.07. The van der Waals surface area contributed by atoms with Gasteiger partial charge in [0.1, 0.15) is 0 Å². The molecule has 6 atom stereocenters. The molecule has 33 heavy (non-hydrogen) atoms. The number of benzene rings is 1. The SMILES string of the molecule is Cc1ccc(NC(=O)[C@H]2CC[C@H]3[C@@H]4CC=C5N(C6CC6)C(=O)CC[C@]5(C)[C@H]4CC[C@]23C)cc1. The third-order valence-electron chi connectivity index (χ3n) is 10.4. The van der Waals surface area contributed by atoms with Crippen molar-refractivity contribution in [1.82, 2.24) is 4.90 Å². The zero-order valence-corrected chi connectivity index (χ0v) is 20.4. The van der Waals surface area contributed by atoms with Crippen LogP contribution in [-0.4, -0.2) is 22.8 Å². The highest BCUT2D eigenvalue weighted by atomic mass is 16.2. The standard InChI is InChI=1S/C29H38N2O2/c1-18-4-6-19(7-5-18)30-27(33)24-12-11-22-21-10-13-25-29(3,23(21)14-16-28(22,24)2)17-15-26(32)31(25)20-8-9-20/h4-7,13,20-24H,8-12,14-17H2,1-3H3,(H,30,33)/t21-,22-,23-,24+,28-,29+/m0/s1. The van der Waals surface area contributed by atoms with E-state index in [0.717, 1.165) is 37.8 Å². The van der Waals surface area contributed by atoms with Crippen LogP contribution < -0.4 is 5.32 Å². The number of likely N-dealkylation sites (tertiary alicyclic amines) is 1. The van der Waals surface area contributed by atoms with E-state index < -0.39 is 0 Å². The van der Waals surface area contributed by atoms with E-state index in [1.807, 2.05) is 12.1 Å². The summed E-state index contributed by atoms with van der Waals surface area (Å²) in [4.78, 5) is 28.4. The van der Waals surface area contributed by atoms with Crippen molar-refractivity contribution in [1.29, 1.82) is 0 Å². The van der Waals surface area contributed by atoms with Crippen LogP contribution in [0, 0.1) is 41.4 Å². The predicted molar refractivity (Wildman–Crippen MR) is 130 cm³/mol. The summed E-state index contributed by atoms with van der Waals surface area (Å²) in [5, 5.41) is 3.23. The molecule has 0 spiro atoms. The van der Waals surface area contributed by atoms with Gasteiger partial charge in [-0.1, -0.05) is 37.6 Å². The number of piperidine rings is 1. The Balaban J connectivity index is 1.25. The lowest BCUT2D eigenvalue weighted by molar-refractivity contribution is -0.139. The van der Waals surface area contributed by atoms with Crippen LogP contribution in [0.4, 0.5) is 5.69 Å². The molecule has 0 aromatic heterocycles. The summed E-state index contributed by atoms with van der Waals surface area (Å²) in [7, 11) is 0. The Morgan fingerprint density at radius 3 is 2.48 bits per heavy atom. The molecule has 176 valence electrons. The second-order valence-electron chi connectivity index (χ2n) is 12.1. The lowest BCUT2D eigenvalue weighted by Gasteiger charge is -2.58. The second kappa shape index (κ2) is 7.45. The highest BCUT2D eigenvalue weighted by molar-refractivity contribution is 5.93. The molecule has 1 N–H and O–H groups in total. The monoisotopic (exact) mass is 446 g/mol. The van der Waals surface area contributed by atoms with Gasteiger partial charge in [0.25, 0.3) is 0 Å². The van der Waals surface area contributed by atoms with Crippen molar-refractivity contribution in [2.45, 2.75) is 84.6 Å². The molecule has 4 fully saturated rings. The average molecular weight is 447 g/mol. The molecule has 1 aromatic carbocycles. The summed E-state index contributed by atoms with van der Waals surface area (Å²) < 4.78 is 0. The number of nitrogens with one attached hydrogen (secondary N) is 1. The Bertz CT molecular complexity index is 1010. The zero-order valence-electron chi connectivity index (χ0n) is 20.4. The van der Waals surface area contributed by atoms with Crippen LogP contribution in [0.3, 0.4) is 0 Å². The number of fused-ring (bicyclic) bond motifs is 5. The lowest BCUT2D eigenvalue weighted by Crippen LogP contribution is -2.55. The third kappa shape index (κ3) is 3.23. The maximum atomic E-state index is 13.4. The summed E-state index contributed by atoms with van der Waals surface area (Å²) >= 11 is 0. The van der Waals surface area contributed by atoms with E-state index in [-0.39, 0.29) is 22.7 Å². The highest BCUT2D eigenvalue weighted by Crippen LogP contribution is 2.66. The second-order valence-corrected chi connectivity index (χ2v) is 12.1. The largest absolute Gasteiger partial charge is 0.326 e. The molecule has 1 heterocycles. The molecule has 0 radical (unpaired) electrons. The van der Waals surface area contributed by atoms with Crippen LogP contribution in [0.5, 0.6) is 0 Å². The highest BCUT2D eigenvalue weighted by Gasteiger charge is 2.61. The first-order valence-electron chi connectivity index (χ1n) is 13.2. The minimum Gasteiger partial charge on any atom is -0.326 e. The van der Waals surface area contributed by atoms with Gasteiger partial charge in [0, 0.05) is 35.2 Å². The van der Waals surface area contributed by atoms with Crippen molar-refractivity contribution in [2.75, 3.05) is 5.32 Å². The molecule has 0 unspecified atom stereocenters. The van der Waals surface area contributed by atoms with E-state index in [1.165, 1.54) is 30.5 Å². The summed E-state index contributed by atoms with van der Waals surface area (Å²) in [6, 6.07) is 8.63. The Hall–Kier alpha value is -2.10. The number of allylic oxidation sites excluding steroid dienone is 2. The first-order valence-corrected chi connectivity index (χ1v) is 13.2. The Morgan fingerprint density at radius 1 is 1.00 bits per heavy atom. The van der Waals surface area contributed by atoms with Gasteiger partial charge in [0.15, 0.2) is 0 Å². The van der Waals surface area contributed by atoms with Crippen molar-refractivity contribution < 1.29 is 9.59 Å². The van der Waals surface area contributed by atoms with Crippen LogP contribution in [-0.2, 0) is 9.59 Å². The molecule has 6 rings (SSSR count). The molecule has 1 aromatic rings. The van der Waals surface area contributed by atoms with Crippen molar-refractivity contribution in [3.63, 3.8) is 0 Å². The maximum Gasteiger partial charge on any atom is 0.228 e.